The Labute approximate surface area is 180 Å². The van der Waals surface area contributed by atoms with Gasteiger partial charge in [-0.3, -0.25) is 9.36 Å². The van der Waals surface area contributed by atoms with Crippen LogP contribution in [-0.2, 0) is 0 Å². The normalized spacial score (nSPS) is 11.0. The number of imidazole rings is 1. The van der Waals surface area contributed by atoms with Gasteiger partial charge in [-0.1, -0.05) is 60.2 Å². The van der Waals surface area contributed by atoms with E-state index in [4.69, 9.17) is 4.74 Å². The molecule has 0 radical (unpaired) electrons. The van der Waals surface area contributed by atoms with Gasteiger partial charge in [-0.15, -0.1) is 0 Å². The summed E-state index contributed by atoms with van der Waals surface area (Å²) in [5, 5.41) is 0. The van der Waals surface area contributed by atoms with E-state index in [-0.39, 0.29) is 11.5 Å². The van der Waals surface area contributed by atoms with E-state index in [0.717, 1.165) is 28.1 Å². The van der Waals surface area contributed by atoms with Gasteiger partial charge in [0.25, 0.3) is 0 Å². The van der Waals surface area contributed by atoms with Crippen molar-refractivity contribution in [1.29, 1.82) is 0 Å². The van der Waals surface area contributed by atoms with E-state index in [0.29, 0.717) is 11.3 Å². The highest BCUT2D eigenvalue weighted by molar-refractivity contribution is 6.07. The van der Waals surface area contributed by atoms with Crippen molar-refractivity contribution < 1.29 is 9.53 Å². The van der Waals surface area contributed by atoms with E-state index in [1.54, 1.807) is 43.6 Å². The maximum atomic E-state index is 12.7. The third-order valence-corrected chi connectivity index (χ3v) is 5.03. The molecule has 5 heteroatoms. The number of carbonyl (C=O) groups excluding carboxylic acids is 1. The second-order valence-corrected chi connectivity index (χ2v) is 7.23. The molecular weight excluding hydrogens is 388 g/mol. The number of nitrogens with zero attached hydrogens (tertiary/aromatic N) is 1. The van der Waals surface area contributed by atoms with Crippen LogP contribution in [0.3, 0.4) is 0 Å². The second kappa shape index (κ2) is 8.71. The molecule has 0 atom stereocenters. The SMILES string of the molecule is COc1ccc(/C=C/C(=O)c2cccc(-n3cc(-c4ccc(C)cc4)[nH]c3=O)c2)cc1. The molecular formula is C26H22N2O3. The van der Waals surface area contributed by atoms with Crippen LogP contribution in [-0.4, -0.2) is 22.4 Å². The standard InChI is InChI=1S/C26H22N2O3/c1-18-6-11-20(12-7-18)24-17-28(26(30)27-24)22-5-3-4-21(16-22)25(29)15-10-19-8-13-23(31-2)14-9-19/h3-17H,1-2H3,(H,27,30)/b15-10+. The Balaban J connectivity index is 1.58. The number of nitrogens with one attached hydrogen (secondary N) is 1. The zero-order valence-corrected chi connectivity index (χ0v) is 17.3. The molecule has 5 nitrogen and oxygen atoms in total. The summed E-state index contributed by atoms with van der Waals surface area (Å²) >= 11 is 0. The second-order valence-electron chi connectivity index (χ2n) is 7.23. The number of aromatic amines is 1. The Morgan fingerprint density at radius 2 is 1.74 bits per heavy atom. The minimum absolute atomic E-state index is 0.139. The lowest BCUT2D eigenvalue weighted by Crippen LogP contribution is -2.14. The molecule has 1 heterocycles. The molecule has 0 aliphatic rings. The molecule has 3 aromatic carbocycles. The number of hydrogen-bond donors (Lipinski definition) is 1. The summed E-state index contributed by atoms with van der Waals surface area (Å²) in [5.41, 5.74) is 4.58. The van der Waals surface area contributed by atoms with Crippen LogP contribution in [0.1, 0.15) is 21.5 Å². The molecule has 4 rings (SSSR count). The molecule has 0 saturated heterocycles. The first kappa shape index (κ1) is 20.2. The summed E-state index contributed by atoms with van der Waals surface area (Å²) in [4.78, 5) is 28.1. The van der Waals surface area contributed by atoms with Crippen LogP contribution in [0.4, 0.5) is 0 Å². The molecule has 0 unspecified atom stereocenters. The van der Waals surface area contributed by atoms with Gasteiger partial charge in [-0.2, -0.15) is 0 Å². The number of benzene rings is 3. The zero-order chi connectivity index (χ0) is 21.8. The van der Waals surface area contributed by atoms with E-state index in [9.17, 15) is 9.59 Å². The van der Waals surface area contributed by atoms with Gasteiger partial charge in [-0.25, -0.2) is 4.79 Å². The molecule has 0 aliphatic carbocycles. The average Bonchev–Trinajstić information content (AvgIpc) is 3.20. The van der Waals surface area contributed by atoms with Crippen molar-refractivity contribution in [2.45, 2.75) is 6.92 Å². The maximum absolute atomic E-state index is 12.7. The van der Waals surface area contributed by atoms with Gasteiger partial charge in [0.15, 0.2) is 5.78 Å². The Kier molecular flexibility index (Phi) is 5.67. The van der Waals surface area contributed by atoms with Crippen molar-refractivity contribution in [2.24, 2.45) is 0 Å². The summed E-state index contributed by atoms with van der Waals surface area (Å²) in [7, 11) is 1.61. The topological polar surface area (TPSA) is 64.1 Å². The number of allylic oxidation sites excluding steroid dienone is 1. The fourth-order valence-corrected chi connectivity index (χ4v) is 3.26. The van der Waals surface area contributed by atoms with E-state index in [1.807, 2.05) is 55.5 Å². The van der Waals surface area contributed by atoms with Crippen LogP contribution >= 0.6 is 0 Å². The van der Waals surface area contributed by atoms with Crippen molar-refractivity contribution in [3.8, 4) is 22.7 Å². The fourth-order valence-electron chi connectivity index (χ4n) is 3.26. The molecule has 0 bridgehead atoms. The van der Waals surface area contributed by atoms with Crippen molar-refractivity contribution >= 4 is 11.9 Å². The van der Waals surface area contributed by atoms with Crippen molar-refractivity contribution in [2.75, 3.05) is 7.11 Å². The molecule has 31 heavy (non-hydrogen) atoms. The highest BCUT2D eigenvalue weighted by Gasteiger charge is 2.09. The Hall–Kier alpha value is -4.12. The van der Waals surface area contributed by atoms with Crippen LogP contribution in [0.15, 0.2) is 89.9 Å². The van der Waals surface area contributed by atoms with Crippen molar-refractivity contribution in [3.63, 3.8) is 0 Å². The van der Waals surface area contributed by atoms with Crippen LogP contribution in [0.2, 0.25) is 0 Å². The minimum Gasteiger partial charge on any atom is -0.497 e. The first-order valence-electron chi connectivity index (χ1n) is 9.89. The lowest BCUT2D eigenvalue weighted by molar-refractivity contribution is 0.104. The Morgan fingerprint density at radius 1 is 1.00 bits per heavy atom. The quantitative estimate of drug-likeness (QED) is 0.358. The summed E-state index contributed by atoms with van der Waals surface area (Å²) in [6.45, 7) is 2.02. The highest BCUT2D eigenvalue weighted by Crippen LogP contribution is 2.19. The molecule has 4 aromatic rings. The molecule has 0 saturated carbocycles. The lowest BCUT2D eigenvalue weighted by atomic mass is 10.1. The van der Waals surface area contributed by atoms with Crippen molar-refractivity contribution in [1.82, 2.24) is 9.55 Å². The lowest BCUT2D eigenvalue weighted by Gasteiger charge is -2.03. The first-order chi connectivity index (χ1) is 15.0. The van der Waals surface area contributed by atoms with Gasteiger partial charge in [-0.05, 0) is 48.4 Å². The Bertz CT molecular complexity index is 1290. The number of rotatable bonds is 6. The largest absolute Gasteiger partial charge is 0.497 e. The molecule has 1 aromatic heterocycles. The average molecular weight is 410 g/mol. The van der Waals surface area contributed by atoms with Gasteiger partial charge in [0, 0.05) is 11.8 Å². The monoisotopic (exact) mass is 410 g/mol. The fraction of sp³-hybridized carbons (Fsp3) is 0.0769. The summed E-state index contributed by atoms with van der Waals surface area (Å²) in [5.74, 6) is 0.623. The summed E-state index contributed by atoms with van der Waals surface area (Å²) in [6.07, 6.45) is 5.04. The summed E-state index contributed by atoms with van der Waals surface area (Å²) < 4.78 is 6.66. The minimum atomic E-state index is -0.256. The van der Waals surface area contributed by atoms with Gasteiger partial charge < -0.3 is 9.72 Å². The van der Waals surface area contributed by atoms with Crippen LogP contribution in [0, 0.1) is 6.92 Å². The van der Waals surface area contributed by atoms with Crippen LogP contribution in [0.5, 0.6) is 5.75 Å². The smallest absolute Gasteiger partial charge is 0.330 e. The molecule has 154 valence electrons. The number of methoxy groups -OCH3 is 1. The number of aryl methyl sites for hydroxylation is 1. The number of hydrogen-bond acceptors (Lipinski definition) is 3. The van der Waals surface area contributed by atoms with Gasteiger partial charge >= 0.3 is 5.69 Å². The molecule has 0 spiro atoms. The number of aromatic nitrogens is 2. The van der Waals surface area contributed by atoms with E-state index < -0.39 is 0 Å². The highest BCUT2D eigenvalue weighted by atomic mass is 16.5. The van der Waals surface area contributed by atoms with E-state index in [1.165, 1.54) is 10.6 Å². The summed E-state index contributed by atoms with van der Waals surface area (Å²) in [6, 6.07) is 22.4. The number of carbonyl (C=O) groups is 1. The van der Waals surface area contributed by atoms with E-state index in [2.05, 4.69) is 4.98 Å². The van der Waals surface area contributed by atoms with Crippen LogP contribution in [0.25, 0.3) is 23.0 Å². The van der Waals surface area contributed by atoms with Gasteiger partial charge in [0.05, 0.1) is 18.5 Å². The van der Waals surface area contributed by atoms with Gasteiger partial charge in [0.1, 0.15) is 5.75 Å². The predicted octanol–water partition coefficient (Wildman–Crippen LogP) is 5.05. The zero-order valence-electron chi connectivity index (χ0n) is 17.3. The molecule has 0 aliphatic heterocycles. The number of ketones is 1. The molecule has 0 amide bonds. The van der Waals surface area contributed by atoms with Gasteiger partial charge in [0.2, 0.25) is 0 Å². The first-order valence-corrected chi connectivity index (χ1v) is 9.89. The maximum Gasteiger partial charge on any atom is 0.330 e. The number of ether oxygens (including phenoxy) is 1. The predicted molar refractivity (Wildman–Crippen MR) is 123 cm³/mol. The third-order valence-electron chi connectivity index (χ3n) is 5.03. The number of H-pyrrole nitrogens is 1. The Morgan fingerprint density at radius 3 is 2.45 bits per heavy atom. The van der Waals surface area contributed by atoms with Crippen molar-refractivity contribution in [3.05, 3.63) is 112 Å². The third kappa shape index (κ3) is 4.56. The molecule has 0 fully saturated rings. The van der Waals surface area contributed by atoms with E-state index >= 15 is 0 Å². The van der Waals surface area contributed by atoms with Crippen LogP contribution < -0.4 is 10.4 Å². The molecule has 1 N–H and O–H groups in total.